The number of pyridine rings is 1. The van der Waals surface area contributed by atoms with Gasteiger partial charge < -0.3 is 20.5 Å². The van der Waals surface area contributed by atoms with Gasteiger partial charge in [-0.2, -0.15) is 11.8 Å². The topological polar surface area (TPSA) is 88.7 Å². The Morgan fingerprint density at radius 1 is 1.39 bits per heavy atom. The molecule has 0 spiro atoms. The number of rotatable bonds is 10. The largest absolute Gasteiger partial charge is 0.497 e. The molecule has 0 bridgehead atoms. The van der Waals surface area contributed by atoms with Gasteiger partial charge in [0, 0.05) is 41.7 Å². The molecule has 1 aliphatic heterocycles. The van der Waals surface area contributed by atoms with Gasteiger partial charge in [-0.15, -0.1) is 0 Å². The van der Waals surface area contributed by atoms with Crippen LogP contribution in [0.15, 0.2) is 24.4 Å². The summed E-state index contributed by atoms with van der Waals surface area (Å²) in [5, 5.41) is 12.2. The summed E-state index contributed by atoms with van der Waals surface area (Å²) in [6.45, 7) is 2.58. The van der Waals surface area contributed by atoms with Gasteiger partial charge in [0.25, 0.3) is 0 Å². The predicted octanol–water partition coefficient (Wildman–Crippen LogP) is 4.99. The molecule has 1 aliphatic carbocycles. The smallest absolute Gasteiger partial charge is 0.308 e. The summed E-state index contributed by atoms with van der Waals surface area (Å²) in [6, 6.07) is 5.40. The number of fused-ring (bicyclic) bond motifs is 1. The Bertz CT molecular complexity index is 971. The monoisotopic (exact) mass is 491 g/mol. The van der Waals surface area contributed by atoms with Crippen LogP contribution in [0.2, 0.25) is 5.02 Å². The number of carboxylic acid groups (broad SMARTS) is 1. The van der Waals surface area contributed by atoms with Crippen LogP contribution in [-0.4, -0.2) is 58.7 Å². The average Bonchev–Trinajstić information content (AvgIpc) is 2.78. The summed E-state index contributed by atoms with van der Waals surface area (Å²) < 4.78 is 5.37. The quantitative estimate of drug-likeness (QED) is 0.484. The molecule has 1 aromatic carbocycles. The van der Waals surface area contributed by atoms with Crippen molar-refractivity contribution in [2.75, 3.05) is 32.5 Å². The number of thioether (sulfide) groups is 1. The van der Waals surface area contributed by atoms with E-state index in [4.69, 9.17) is 22.1 Å². The number of aromatic nitrogens is 1. The molecule has 2 aliphatic rings. The Balaban J connectivity index is 1.37. The number of hydrogen-bond acceptors (Lipinski definition) is 6. The molecule has 33 heavy (non-hydrogen) atoms. The molecule has 4 rings (SSSR count). The average molecular weight is 492 g/mol. The molecular formula is C25H34ClN3O3S. The van der Waals surface area contributed by atoms with Crippen molar-refractivity contribution >= 4 is 40.2 Å². The highest BCUT2D eigenvalue weighted by Gasteiger charge is 2.34. The van der Waals surface area contributed by atoms with E-state index in [9.17, 15) is 9.90 Å². The summed E-state index contributed by atoms with van der Waals surface area (Å²) in [5.74, 6) is 0.926. The first-order valence-corrected chi connectivity index (χ1v) is 13.3. The second-order valence-electron chi connectivity index (χ2n) is 9.30. The molecule has 0 unspecified atom stereocenters. The minimum atomic E-state index is -0.693. The maximum atomic E-state index is 12.1. The molecule has 2 fully saturated rings. The van der Waals surface area contributed by atoms with E-state index in [0.29, 0.717) is 18.0 Å². The van der Waals surface area contributed by atoms with Gasteiger partial charge in [-0.25, -0.2) is 0 Å². The minimum absolute atomic E-state index is 0.130. The van der Waals surface area contributed by atoms with Crippen LogP contribution in [0.4, 0.5) is 0 Å². The molecule has 180 valence electrons. The fraction of sp³-hybridized carbons (Fsp3) is 0.600. The molecule has 8 heteroatoms. The Hall–Kier alpha value is -1.54. The fourth-order valence-corrected chi connectivity index (χ4v) is 6.65. The first-order valence-electron chi connectivity index (χ1n) is 11.9. The number of aliphatic carboxylic acids is 1. The van der Waals surface area contributed by atoms with E-state index in [1.807, 2.05) is 18.2 Å². The number of ether oxygens (including phenoxy) is 1. The molecule has 2 aromatic rings. The molecule has 1 saturated carbocycles. The van der Waals surface area contributed by atoms with E-state index in [1.165, 1.54) is 19.3 Å². The van der Waals surface area contributed by atoms with Crippen LogP contribution in [0.3, 0.4) is 0 Å². The molecule has 1 saturated heterocycles. The van der Waals surface area contributed by atoms with Crippen molar-refractivity contribution in [3.8, 4) is 5.75 Å². The van der Waals surface area contributed by atoms with Crippen LogP contribution >= 0.6 is 23.4 Å². The normalized spacial score (nSPS) is 22.8. The number of nitrogens with zero attached hydrogens (tertiary/aromatic N) is 2. The summed E-state index contributed by atoms with van der Waals surface area (Å²) >= 11 is 8.56. The summed E-state index contributed by atoms with van der Waals surface area (Å²) in [7, 11) is 1.63. The molecule has 6 nitrogen and oxygen atoms in total. The number of benzene rings is 1. The number of halogens is 1. The van der Waals surface area contributed by atoms with E-state index < -0.39 is 5.97 Å². The maximum Gasteiger partial charge on any atom is 0.308 e. The zero-order valence-corrected chi connectivity index (χ0v) is 20.8. The number of carbonyl (C=O) groups is 1. The molecular weight excluding hydrogens is 458 g/mol. The molecule has 1 aromatic heterocycles. The van der Waals surface area contributed by atoms with E-state index >= 15 is 0 Å². The van der Waals surface area contributed by atoms with E-state index in [1.54, 1.807) is 13.3 Å². The van der Waals surface area contributed by atoms with Crippen molar-refractivity contribution in [2.45, 2.75) is 49.8 Å². The first kappa shape index (κ1) is 24.6. The number of carboxylic acids is 1. The summed E-state index contributed by atoms with van der Waals surface area (Å²) in [4.78, 5) is 18.8. The van der Waals surface area contributed by atoms with Gasteiger partial charge in [0.05, 0.1) is 23.6 Å². The van der Waals surface area contributed by atoms with Gasteiger partial charge in [-0.3, -0.25) is 9.78 Å². The van der Waals surface area contributed by atoms with Crippen molar-refractivity contribution in [1.29, 1.82) is 0 Å². The minimum Gasteiger partial charge on any atom is -0.497 e. The third kappa shape index (κ3) is 5.94. The molecule has 3 N–H and O–H groups in total. The van der Waals surface area contributed by atoms with Crippen molar-refractivity contribution in [1.82, 2.24) is 9.88 Å². The molecule has 2 heterocycles. The number of methoxy groups -OCH3 is 1. The van der Waals surface area contributed by atoms with Crippen molar-refractivity contribution < 1.29 is 14.6 Å². The Morgan fingerprint density at radius 3 is 2.91 bits per heavy atom. The lowest BCUT2D eigenvalue weighted by Gasteiger charge is -2.37. The predicted molar refractivity (Wildman–Crippen MR) is 135 cm³/mol. The van der Waals surface area contributed by atoms with Gasteiger partial charge in [-0.1, -0.05) is 18.0 Å². The van der Waals surface area contributed by atoms with Crippen molar-refractivity contribution in [2.24, 2.45) is 17.6 Å². The van der Waals surface area contributed by atoms with Crippen LogP contribution in [0.5, 0.6) is 5.75 Å². The molecule has 3 atom stereocenters. The third-order valence-corrected chi connectivity index (χ3v) is 8.92. The van der Waals surface area contributed by atoms with Gasteiger partial charge in [-0.05, 0) is 68.3 Å². The summed E-state index contributed by atoms with van der Waals surface area (Å²) in [5.41, 5.74) is 8.30. The zero-order chi connectivity index (χ0) is 23.4. The number of likely N-dealkylation sites (tertiary alicyclic amines) is 1. The lowest BCUT2D eigenvalue weighted by Crippen LogP contribution is -2.45. The van der Waals surface area contributed by atoms with Gasteiger partial charge in [0.15, 0.2) is 0 Å². The lowest BCUT2D eigenvalue weighted by atomic mass is 9.81. The van der Waals surface area contributed by atoms with E-state index in [-0.39, 0.29) is 17.9 Å². The Morgan fingerprint density at radius 2 is 2.21 bits per heavy atom. The zero-order valence-electron chi connectivity index (χ0n) is 19.2. The van der Waals surface area contributed by atoms with E-state index in [2.05, 4.69) is 21.6 Å². The third-order valence-electron chi connectivity index (χ3n) is 7.26. The van der Waals surface area contributed by atoms with Crippen molar-refractivity contribution in [3.63, 3.8) is 0 Å². The van der Waals surface area contributed by atoms with Gasteiger partial charge in [0.1, 0.15) is 5.75 Å². The second kappa shape index (κ2) is 11.3. The fourth-order valence-electron chi connectivity index (χ4n) is 4.99. The van der Waals surface area contributed by atoms with Crippen LogP contribution in [-0.2, 0) is 4.79 Å². The second-order valence-corrected chi connectivity index (χ2v) is 11.1. The van der Waals surface area contributed by atoms with Crippen molar-refractivity contribution in [3.05, 3.63) is 35.0 Å². The highest BCUT2D eigenvalue weighted by Crippen LogP contribution is 2.36. The van der Waals surface area contributed by atoms with Crippen LogP contribution < -0.4 is 10.5 Å². The highest BCUT2D eigenvalue weighted by atomic mass is 35.5. The highest BCUT2D eigenvalue weighted by molar-refractivity contribution is 7.99. The Kier molecular flexibility index (Phi) is 8.38. The van der Waals surface area contributed by atoms with Gasteiger partial charge in [0.2, 0.25) is 0 Å². The van der Waals surface area contributed by atoms with Gasteiger partial charge >= 0.3 is 5.97 Å². The number of hydrogen-bond donors (Lipinski definition) is 2. The molecule has 0 amide bonds. The standard InChI is InChI=1S/C25H34ClN3O3S/c1-32-17-6-8-23-19(13-17)24(21(26)14-28-23)22(27)7-5-16-9-10-29(15-20(16)25(30)31)11-12-33-18-3-2-4-18/h6,8,13-14,16,18,20,22H,2-5,7,9-12,15,27H2,1H3,(H,30,31)/t16-,20+,22-/m0/s1. The summed E-state index contributed by atoms with van der Waals surface area (Å²) in [6.07, 6.45) is 8.04. The maximum absolute atomic E-state index is 12.1. The lowest BCUT2D eigenvalue weighted by molar-refractivity contribution is -0.146. The van der Waals surface area contributed by atoms with Crippen LogP contribution in [0, 0.1) is 11.8 Å². The number of piperidine rings is 1. The van der Waals surface area contributed by atoms with E-state index in [0.717, 1.165) is 59.1 Å². The van der Waals surface area contributed by atoms with Crippen LogP contribution in [0.25, 0.3) is 10.9 Å². The molecule has 0 radical (unpaired) electrons. The SMILES string of the molecule is COc1ccc2ncc(Cl)c([C@@H](N)CC[C@H]3CCN(CCSC4CCC4)C[C@H]3C(=O)O)c2c1. The number of nitrogens with two attached hydrogens (primary N) is 1. The van der Waals surface area contributed by atoms with Crippen LogP contribution in [0.1, 0.15) is 50.1 Å². The first-order chi connectivity index (χ1) is 16.0. The Labute approximate surface area is 205 Å².